The van der Waals surface area contributed by atoms with Gasteiger partial charge in [0.15, 0.2) is 0 Å². The van der Waals surface area contributed by atoms with Crippen molar-refractivity contribution in [3.8, 4) is 0 Å². The number of carbonyl (C=O) groups excluding carboxylic acids is 3. The van der Waals surface area contributed by atoms with Gasteiger partial charge in [0.25, 0.3) is 5.91 Å². The van der Waals surface area contributed by atoms with Crippen LogP contribution in [0.15, 0.2) is 59.1 Å². The first-order valence-electron chi connectivity index (χ1n) is 12.4. The van der Waals surface area contributed by atoms with Gasteiger partial charge in [0.1, 0.15) is 9.93 Å². The summed E-state index contributed by atoms with van der Waals surface area (Å²) in [6.07, 6.45) is -0.585. The lowest BCUT2D eigenvalue weighted by Crippen LogP contribution is -2.27. The predicted molar refractivity (Wildman–Crippen MR) is 169 cm³/mol. The van der Waals surface area contributed by atoms with Crippen molar-refractivity contribution in [2.75, 3.05) is 16.0 Å². The van der Waals surface area contributed by atoms with E-state index >= 15 is 0 Å². The third kappa shape index (κ3) is 7.48. The smallest absolute Gasteiger partial charge is 0.412 e. The van der Waals surface area contributed by atoms with E-state index in [0.29, 0.717) is 27.6 Å². The van der Waals surface area contributed by atoms with Gasteiger partial charge < -0.3 is 15.4 Å². The maximum absolute atomic E-state index is 13.1. The fourth-order valence-electron chi connectivity index (χ4n) is 4.26. The molecule has 2 unspecified atom stereocenters. The summed E-state index contributed by atoms with van der Waals surface area (Å²) >= 11 is 28.8. The topological polar surface area (TPSA) is 96.5 Å². The lowest BCUT2D eigenvalue weighted by Gasteiger charge is -2.20. The number of hydrogen-bond acceptors (Lipinski definition) is 4. The Balaban J connectivity index is 1.44. The van der Waals surface area contributed by atoms with Gasteiger partial charge in [-0.2, -0.15) is 0 Å². The largest absolute Gasteiger partial charge is 0.444 e. The summed E-state index contributed by atoms with van der Waals surface area (Å²) in [6.45, 7) is 7.10. The first-order chi connectivity index (χ1) is 19.1. The Morgan fingerprint density at radius 2 is 1.54 bits per heavy atom. The summed E-state index contributed by atoms with van der Waals surface area (Å²) in [4.78, 5) is 38.3. The number of amides is 3. The van der Waals surface area contributed by atoms with Crippen molar-refractivity contribution in [3.05, 3.63) is 85.8 Å². The highest BCUT2D eigenvalue weighted by Gasteiger charge is 2.67. The molecule has 3 amide bonds. The molecule has 12 heteroatoms. The number of hydrogen-bond donors (Lipinski definition) is 3. The number of rotatable bonds is 6. The van der Waals surface area contributed by atoms with Crippen LogP contribution in [0.2, 0.25) is 10.0 Å². The van der Waals surface area contributed by atoms with Crippen LogP contribution >= 0.6 is 62.3 Å². The van der Waals surface area contributed by atoms with Crippen LogP contribution in [0.1, 0.15) is 48.2 Å². The lowest BCUT2D eigenvalue weighted by molar-refractivity contribution is -0.117. The summed E-state index contributed by atoms with van der Waals surface area (Å²) < 4.78 is 4.68. The van der Waals surface area contributed by atoms with Crippen molar-refractivity contribution in [3.63, 3.8) is 0 Å². The Morgan fingerprint density at radius 3 is 2.17 bits per heavy atom. The molecule has 1 aliphatic rings. The molecule has 0 aliphatic heterocycles. The normalized spacial score (nSPS) is 17.4. The van der Waals surface area contributed by atoms with Crippen molar-refractivity contribution in [1.82, 2.24) is 0 Å². The molecule has 3 aromatic carbocycles. The Bertz CT molecular complexity index is 1540. The summed E-state index contributed by atoms with van der Waals surface area (Å²) in [5, 5.41) is 8.94. The van der Waals surface area contributed by atoms with E-state index in [1.165, 1.54) is 12.1 Å². The number of ether oxygens (including phenoxy) is 1. The van der Waals surface area contributed by atoms with E-state index in [2.05, 4.69) is 31.9 Å². The number of halogens is 5. The minimum absolute atomic E-state index is 0.148. The Labute approximate surface area is 266 Å². The minimum atomic E-state index is -1.31. The van der Waals surface area contributed by atoms with Crippen LogP contribution in [-0.4, -0.2) is 27.8 Å². The van der Waals surface area contributed by atoms with Crippen molar-refractivity contribution in [1.29, 1.82) is 0 Å². The van der Waals surface area contributed by atoms with Crippen LogP contribution in [0.5, 0.6) is 0 Å². The van der Waals surface area contributed by atoms with E-state index in [9.17, 15) is 14.4 Å². The molecule has 0 heterocycles. The lowest BCUT2D eigenvalue weighted by atomic mass is 10.1. The molecule has 0 aromatic heterocycles. The van der Waals surface area contributed by atoms with Crippen LogP contribution in [0.3, 0.4) is 0 Å². The number of alkyl halides is 2. The molecular formula is C29H26BrCl4N3O4. The van der Waals surface area contributed by atoms with Crippen molar-refractivity contribution < 1.29 is 19.1 Å². The average Bonchev–Trinajstić information content (AvgIpc) is 3.44. The molecule has 0 spiro atoms. The van der Waals surface area contributed by atoms with Gasteiger partial charge in [-0.05, 0) is 103 Å². The molecule has 1 fully saturated rings. The number of nitrogens with one attached hydrogen (secondary N) is 3. The number of benzene rings is 3. The highest BCUT2D eigenvalue weighted by atomic mass is 79.9. The molecule has 41 heavy (non-hydrogen) atoms. The third-order valence-corrected chi connectivity index (χ3v) is 8.74. The predicted octanol–water partition coefficient (Wildman–Crippen LogP) is 9.19. The first-order valence-corrected chi connectivity index (χ1v) is 14.7. The first kappa shape index (κ1) is 31.4. The van der Waals surface area contributed by atoms with Crippen molar-refractivity contribution in [2.45, 2.75) is 43.5 Å². The summed E-state index contributed by atoms with van der Waals surface area (Å²) in [6, 6.07) is 14.9. The monoisotopic (exact) mass is 699 g/mol. The standard InChI is InChI=1S/C29H26BrCl4N3O4/c1-14-11-16(36-27(40)41-28(2,3)4)7-10-22(14)37-25(38)18-13-17(6-9-20(18)31)35-26(39)24-23(29(24,33)34)15-5-8-19(30)21(32)12-15/h5-13,23-24H,1-4H3,(H,35,39)(H,36,40)(H,37,38). The summed E-state index contributed by atoms with van der Waals surface area (Å²) in [5.74, 6) is -2.08. The van der Waals surface area contributed by atoms with Crippen LogP contribution in [0, 0.1) is 12.8 Å². The zero-order valence-corrected chi connectivity index (χ0v) is 27.0. The fraction of sp³-hybridized carbons (Fsp3) is 0.276. The van der Waals surface area contributed by atoms with Gasteiger partial charge in [0.05, 0.1) is 21.5 Å². The van der Waals surface area contributed by atoms with E-state index < -0.39 is 39.7 Å². The zero-order chi connectivity index (χ0) is 30.3. The number of aryl methyl sites for hydroxylation is 1. The SMILES string of the molecule is Cc1cc(NC(=O)OC(C)(C)C)ccc1NC(=O)c1cc(NC(=O)C2C(c3ccc(Br)c(Cl)c3)C2(Cl)Cl)ccc1Cl. The molecule has 2 atom stereocenters. The number of anilines is 3. The van der Waals surface area contributed by atoms with Gasteiger partial charge in [-0.15, -0.1) is 23.2 Å². The van der Waals surface area contributed by atoms with Gasteiger partial charge in [-0.25, -0.2) is 4.79 Å². The summed E-state index contributed by atoms with van der Waals surface area (Å²) in [7, 11) is 0. The van der Waals surface area contributed by atoms with Crippen LogP contribution in [0.25, 0.3) is 0 Å². The van der Waals surface area contributed by atoms with E-state index in [-0.39, 0.29) is 10.6 Å². The maximum atomic E-state index is 13.1. The van der Waals surface area contributed by atoms with Gasteiger partial charge in [-0.1, -0.05) is 29.3 Å². The molecule has 7 nitrogen and oxygen atoms in total. The van der Waals surface area contributed by atoms with E-state index in [0.717, 1.165) is 10.0 Å². The Hall–Kier alpha value is -2.49. The summed E-state index contributed by atoms with van der Waals surface area (Å²) in [5.41, 5.74) is 2.32. The van der Waals surface area contributed by atoms with E-state index in [4.69, 9.17) is 51.1 Å². The Morgan fingerprint density at radius 1 is 0.878 bits per heavy atom. The number of carbonyl (C=O) groups is 3. The fourth-order valence-corrected chi connectivity index (χ4v) is 5.73. The molecule has 216 valence electrons. The maximum Gasteiger partial charge on any atom is 0.412 e. The van der Waals surface area contributed by atoms with Gasteiger partial charge >= 0.3 is 6.09 Å². The second kappa shape index (κ2) is 12.0. The highest BCUT2D eigenvalue weighted by molar-refractivity contribution is 9.10. The molecule has 0 saturated heterocycles. The molecule has 1 saturated carbocycles. The van der Waals surface area contributed by atoms with Crippen LogP contribution in [0.4, 0.5) is 21.9 Å². The molecule has 0 bridgehead atoms. The van der Waals surface area contributed by atoms with Gasteiger partial charge in [-0.3, -0.25) is 14.9 Å². The second-order valence-corrected chi connectivity index (χ2v) is 13.7. The molecular weight excluding hydrogens is 676 g/mol. The minimum Gasteiger partial charge on any atom is -0.444 e. The second-order valence-electron chi connectivity index (χ2n) is 10.6. The average molecular weight is 702 g/mol. The Kier molecular flexibility index (Phi) is 9.21. The highest BCUT2D eigenvalue weighted by Crippen LogP contribution is 2.65. The molecule has 3 N–H and O–H groups in total. The van der Waals surface area contributed by atoms with Crippen molar-refractivity contribution in [2.24, 2.45) is 5.92 Å². The third-order valence-electron chi connectivity index (χ3n) is 6.24. The van der Waals surface area contributed by atoms with Crippen LogP contribution < -0.4 is 16.0 Å². The zero-order valence-electron chi connectivity index (χ0n) is 22.4. The molecule has 1 aliphatic carbocycles. The molecule has 0 radical (unpaired) electrons. The van der Waals surface area contributed by atoms with Gasteiger partial charge in [0, 0.05) is 27.5 Å². The van der Waals surface area contributed by atoms with Gasteiger partial charge in [0.2, 0.25) is 5.91 Å². The van der Waals surface area contributed by atoms with E-state index in [1.54, 1.807) is 70.2 Å². The quantitative estimate of drug-likeness (QED) is 0.223. The van der Waals surface area contributed by atoms with Crippen molar-refractivity contribution >= 4 is 97.3 Å². The molecule has 3 aromatic rings. The van der Waals surface area contributed by atoms with Crippen LogP contribution in [-0.2, 0) is 9.53 Å². The van der Waals surface area contributed by atoms with E-state index in [1.807, 2.05) is 0 Å². The molecule has 4 rings (SSSR count).